The standard InChI is InChI=1S/C74H127NO3/c1-3-5-7-9-11-13-15-17-19-21-23-25-27-29-31-33-35-36-37-38-40-42-44-46-48-50-52-54-56-58-60-62-64-66-68-70-74(78)75-72(71-76)73(77)69-67-65-63-61-59-57-55-53-51-49-47-45-43-41-39-34-32-30-28-26-24-22-20-18-16-14-12-10-8-6-4-2/h5,7,11,13,17,19,23,25,29,31,35-36,38,40,44,46,50,52,59,61,67,69,72-73,76-77H,3-4,6,8-10,12,14-16,18,20-22,24,26-28,30,32-34,37,39,41-43,45,47-49,51,53-58,60,62-66,68,70-71H2,1-2H3,(H,75,78)/b7-5-,13-11-,19-17-,25-23-,31-29-,36-35-,40-38-,46-44-,52-50-,61-59+,69-67+. The van der Waals surface area contributed by atoms with Gasteiger partial charge in [0, 0.05) is 6.42 Å². The molecule has 1 amide bonds. The zero-order valence-electron chi connectivity index (χ0n) is 51.4. The zero-order valence-corrected chi connectivity index (χ0v) is 51.4. The van der Waals surface area contributed by atoms with Crippen molar-refractivity contribution in [1.82, 2.24) is 5.32 Å². The van der Waals surface area contributed by atoms with Gasteiger partial charge >= 0.3 is 0 Å². The molecular weight excluding hydrogens is 951 g/mol. The summed E-state index contributed by atoms with van der Waals surface area (Å²) >= 11 is 0. The monoisotopic (exact) mass is 1080 g/mol. The van der Waals surface area contributed by atoms with Crippen molar-refractivity contribution in [3.8, 4) is 0 Å². The molecule has 446 valence electrons. The number of rotatable bonds is 60. The minimum atomic E-state index is -0.879. The lowest BCUT2D eigenvalue weighted by Gasteiger charge is -2.19. The average molecular weight is 1080 g/mol. The molecule has 0 rings (SSSR count). The third-order valence-corrected chi connectivity index (χ3v) is 14.6. The Bertz CT molecular complexity index is 1550. The van der Waals surface area contributed by atoms with E-state index in [1.807, 2.05) is 6.08 Å². The third kappa shape index (κ3) is 63.4. The molecule has 0 spiro atoms. The first-order valence-corrected chi connectivity index (χ1v) is 33.4. The van der Waals surface area contributed by atoms with E-state index in [1.54, 1.807) is 6.08 Å². The Labute approximate surface area is 485 Å². The van der Waals surface area contributed by atoms with Crippen LogP contribution in [-0.2, 0) is 4.79 Å². The summed E-state index contributed by atoms with van der Waals surface area (Å²) < 4.78 is 0. The first kappa shape index (κ1) is 74.5. The van der Waals surface area contributed by atoms with Crippen LogP contribution in [0.2, 0.25) is 0 Å². The van der Waals surface area contributed by atoms with Crippen molar-refractivity contribution < 1.29 is 15.0 Å². The second-order valence-corrected chi connectivity index (χ2v) is 22.1. The fraction of sp³-hybridized carbons (Fsp3) is 0.689. The topological polar surface area (TPSA) is 69.6 Å². The van der Waals surface area contributed by atoms with Gasteiger partial charge in [-0.15, -0.1) is 0 Å². The number of unbranched alkanes of at least 4 members (excludes halogenated alkanes) is 33. The van der Waals surface area contributed by atoms with Crippen LogP contribution in [0.25, 0.3) is 0 Å². The Morgan fingerprint density at radius 2 is 0.577 bits per heavy atom. The lowest BCUT2D eigenvalue weighted by Crippen LogP contribution is -2.45. The predicted molar refractivity (Wildman–Crippen MR) is 349 cm³/mol. The summed E-state index contributed by atoms with van der Waals surface area (Å²) in [5.74, 6) is -0.0877. The van der Waals surface area contributed by atoms with Crippen LogP contribution in [0.1, 0.15) is 309 Å². The molecule has 0 aliphatic rings. The molecule has 0 aliphatic heterocycles. The van der Waals surface area contributed by atoms with Crippen molar-refractivity contribution in [2.24, 2.45) is 0 Å². The van der Waals surface area contributed by atoms with Crippen LogP contribution < -0.4 is 5.32 Å². The zero-order chi connectivity index (χ0) is 56.2. The summed E-state index contributed by atoms with van der Waals surface area (Å²) in [6.45, 7) is 4.20. The van der Waals surface area contributed by atoms with Gasteiger partial charge in [0.05, 0.1) is 18.8 Å². The lowest BCUT2D eigenvalue weighted by molar-refractivity contribution is -0.123. The van der Waals surface area contributed by atoms with Gasteiger partial charge in [-0.25, -0.2) is 0 Å². The van der Waals surface area contributed by atoms with Gasteiger partial charge in [-0.1, -0.05) is 334 Å². The lowest BCUT2D eigenvalue weighted by atomic mass is 10.0. The Morgan fingerprint density at radius 3 is 0.897 bits per heavy atom. The maximum atomic E-state index is 12.5. The number of hydrogen-bond acceptors (Lipinski definition) is 3. The molecule has 2 atom stereocenters. The molecular formula is C74H127NO3. The van der Waals surface area contributed by atoms with Crippen molar-refractivity contribution in [2.45, 2.75) is 321 Å². The van der Waals surface area contributed by atoms with Gasteiger partial charge in [0.25, 0.3) is 0 Å². The molecule has 0 bridgehead atoms. The van der Waals surface area contributed by atoms with E-state index in [0.29, 0.717) is 6.42 Å². The van der Waals surface area contributed by atoms with Crippen LogP contribution >= 0.6 is 0 Å². The molecule has 0 saturated heterocycles. The smallest absolute Gasteiger partial charge is 0.220 e. The van der Waals surface area contributed by atoms with E-state index in [1.165, 1.54) is 186 Å². The maximum Gasteiger partial charge on any atom is 0.220 e. The minimum Gasteiger partial charge on any atom is -0.394 e. The van der Waals surface area contributed by atoms with Crippen molar-refractivity contribution in [3.63, 3.8) is 0 Å². The van der Waals surface area contributed by atoms with Gasteiger partial charge < -0.3 is 15.5 Å². The molecule has 4 heteroatoms. The number of aliphatic hydroxyl groups excluding tert-OH is 2. The van der Waals surface area contributed by atoms with Crippen LogP contribution in [0.4, 0.5) is 0 Å². The van der Waals surface area contributed by atoms with Crippen LogP contribution in [0.3, 0.4) is 0 Å². The summed E-state index contributed by atoms with van der Waals surface area (Å²) in [4.78, 5) is 12.5. The highest BCUT2D eigenvalue weighted by atomic mass is 16.3. The second-order valence-electron chi connectivity index (χ2n) is 22.1. The molecule has 2 unspecified atom stereocenters. The van der Waals surface area contributed by atoms with Gasteiger partial charge in [0.1, 0.15) is 0 Å². The molecule has 0 fully saturated rings. The summed E-state index contributed by atoms with van der Waals surface area (Å²) in [7, 11) is 0. The fourth-order valence-corrected chi connectivity index (χ4v) is 9.60. The predicted octanol–water partition coefficient (Wildman–Crippen LogP) is 22.9. The van der Waals surface area contributed by atoms with E-state index < -0.39 is 12.1 Å². The van der Waals surface area contributed by atoms with Gasteiger partial charge in [-0.2, -0.15) is 0 Å². The third-order valence-electron chi connectivity index (χ3n) is 14.6. The molecule has 0 aliphatic carbocycles. The number of carbonyl (C=O) groups excluding carboxylic acids is 1. The molecule has 0 saturated carbocycles. The average Bonchev–Trinajstić information content (AvgIpc) is 3.44. The van der Waals surface area contributed by atoms with Crippen LogP contribution in [-0.4, -0.2) is 34.9 Å². The molecule has 0 aromatic heterocycles. The Kier molecular flexibility index (Phi) is 64.8. The molecule has 0 aromatic carbocycles. The van der Waals surface area contributed by atoms with E-state index in [4.69, 9.17) is 0 Å². The molecule has 3 N–H and O–H groups in total. The van der Waals surface area contributed by atoms with Crippen LogP contribution in [0, 0.1) is 0 Å². The highest BCUT2D eigenvalue weighted by molar-refractivity contribution is 5.76. The highest BCUT2D eigenvalue weighted by Crippen LogP contribution is 2.17. The van der Waals surface area contributed by atoms with Gasteiger partial charge in [-0.3, -0.25) is 4.79 Å². The van der Waals surface area contributed by atoms with Gasteiger partial charge in [0.15, 0.2) is 0 Å². The first-order chi connectivity index (χ1) is 38.7. The minimum absolute atomic E-state index is 0.0877. The molecule has 4 nitrogen and oxygen atoms in total. The quantitative estimate of drug-likeness (QED) is 0.0420. The Balaban J connectivity index is 3.60. The summed E-state index contributed by atoms with van der Waals surface area (Å²) in [5, 5.41) is 23.2. The number of aliphatic hydroxyl groups is 2. The van der Waals surface area contributed by atoms with Crippen molar-refractivity contribution in [1.29, 1.82) is 0 Å². The van der Waals surface area contributed by atoms with Crippen molar-refractivity contribution >= 4 is 5.91 Å². The Hall–Kier alpha value is -3.47. The van der Waals surface area contributed by atoms with Gasteiger partial charge in [-0.05, 0) is 103 Å². The first-order valence-electron chi connectivity index (χ1n) is 33.4. The maximum absolute atomic E-state index is 12.5. The normalized spacial score (nSPS) is 13.6. The second kappa shape index (κ2) is 67.8. The van der Waals surface area contributed by atoms with Gasteiger partial charge in [0.2, 0.25) is 5.91 Å². The van der Waals surface area contributed by atoms with E-state index in [-0.39, 0.29) is 12.5 Å². The number of carbonyl (C=O) groups is 1. The van der Waals surface area contributed by atoms with E-state index >= 15 is 0 Å². The summed E-state index contributed by atoms with van der Waals surface area (Å²) in [5.41, 5.74) is 0. The highest BCUT2D eigenvalue weighted by Gasteiger charge is 2.18. The molecule has 0 radical (unpaired) electrons. The van der Waals surface area contributed by atoms with E-state index in [2.05, 4.69) is 141 Å². The summed E-state index contributed by atoms with van der Waals surface area (Å²) in [6.07, 6.45) is 105. The van der Waals surface area contributed by atoms with Crippen LogP contribution in [0.5, 0.6) is 0 Å². The Morgan fingerprint density at radius 1 is 0.321 bits per heavy atom. The SMILES string of the molecule is CC/C=C\C/C=C\C/C=C\C/C=C\C/C=C\C/C=C\C/C=C\C/C=C\C/C=C\CCCCCCCCCC(=O)NC(CO)C(O)/C=C/CC/C=C/CCCCCCCCCCCCCCCCCCCCCCCCCCC. The largest absolute Gasteiger partial charge is 0.394 e. The molecule has 0 aromatic rings. The fourth-order valence-electron chi connectivity index (χ4n) is 9.60. The number of amides is 1. The van der Waals surface area contributed by atoms with E-state index in [0.717, 1.165) is 103 Å². The van der Waals surface area contributed by atoms with Crippen molar-refractivity contribution in [3.05, 3.63) is 134 Å². The molecule has 78 heavy (non-hydrogen) atoms. The number of hydrogen-bond donors (Lipinski definition) is 3. The number of allylic oxidation sites excluding steroid dienone is 21. The molecule has 0 heterocycles. The van der Waals surface area contributed by atoms with Crippen LogP contribution in [0.15, 0.2) is 134 Å². The summed E-state index contributed by atoms with van der Waals surface area (Å²) in [6, 6.07) is -0.657. The number of nitrogens with one attached hydrogen (secondary N) is 1. The van der Waals surface area contributed by atoms with E-state index in [9.17, 15) is 15.0 Å². The van der Waals surface area contributed by atoms with Crippen molar-refractivity contribution in [2.75, 3.05) is 6.61 Å².